The van der Waals surface area contributed by atoms with E-state index >= 15 is 0 Å². The average molecular weight is 326 g/mol. The molecule has 2 aromatic heterocycles. The molecule has 1 aliphatic rings. The van der Waals surface area contributed by atoms with Gasteiger partial charge in [0.15, 0.2) is 12.1 Å². The number of thiazole rings is 1. The number of ether oxygens (including phenoxy) is 1. The predicted octanol–water partition coefficient (Wildman–Crippen LogP) is 4.08. The van der Waals surface area contributed by atoms with Crippen LogP contribution in [0.2, 0.25) is 0 Å². The van der Waals surface area contributed by atoms with Crippen molar-refractivity contribution in [2.24, 2.45) is 0 Å². The molecule has 1 fully saturated rings. The Morgan fingerprint density at radius 3 is 2.87 bits per heavy atom. The first-order valence-corrected chi connectivity index (χ1v) is 8.69. The van der Waals surface area contributed by atoms with E-state index in [-0.39, 0.29) is 6.23 Å². The van der Waals surface area contributed by atoms with E-state index in [9.17, 15) is 0 Å². The number of aromatic nitrogens is 4. The molecule has 1 unspecified atom stereocenters. The summed E-state index contributed by atoms with van der Waals surface area (Å²) in [7, 11) is 0. The number of rotatable bonds is 3. The van der Waals surface area contributed by atoms with Gasteiger partial charge in [0, 0.05) is 12.2 Å². The molecular weight excluding hydrogens is 308 g/mol. The van der Waals surface area contributed by atoms with Gasteiger partial charge in [0.2, 0.25) is 0 Å². The van der Waals surface area contributed by atoms with Gasteiger partial charge in [-0.05, 0) is 26.2 Å². The predicted molar refractivity (Wildman–Crippen MR) is 90.1 cm³/mol. The second kappa shape index (κ2) is 6.22. The average Bonchev–Trinajstić information content (AvgIpc) is 3.23. The van der Waals surface area contributed by atoms with Gasteiger partial charge in [-0.15, -0.1) is 16.4 Å². The lowest BCUT2D eigenvalue weighted by atomic mass is 10.1. The van der Waals surface area contributed by atoms with Crippen molar-refractivity contribution in [2.45, 2.75) is 32.4 Å². The van der Waals surface area contributed by atoms with E-state index in [0.29, 0.717) is 0 Å². The molecule has 1 saturated heterocycles. The van der Waals surface area contributed by atoms with Gasteiger partial charge in [-0.1, -0.05) is 30.3 Å². The smallest absolute Gasteiger partial charge is 0.193 e. The molecule has 3 heterocycles. The molecule has 1 atom stereocenters. The Hall–Kier alpha value is -2.05. The lowest BCUT2D eigenvalue weighted by molar-refractivity contribution is -0.0395. The minimum absolute atomic E-state index is 0.0131. The van der Waals surface area contributed by atoms with Crippen LogP contribution in [0.4, 0.5) is 0 Å². The van der Waals surface area contributed by atoms with Crippen molar-refractivity contribution < 1.29 is 4.74 Å². The van der Waals surface area contributed by atoms with Gasteiger partial charge in [-0.25, -0.2) is 14.6 Å². The highest BCUT2D eigenvalue weighted by atomic mass is 32.1. The fourth-order valence-corrected chi connectivity index (χ4v) is 3.70. The first-order valence-electron chi connectivity index (χ1n) is 7.87. The summed E-state index contributed by atoms with van der Waals surface area (Å²) in [6.07, 6.45) is 5.09. The van der Waals surface area contributed by atoms with Gasteiger partial charge < -0.3 is 4.74 Å². The van der Waals surface area contributed by atoms with E-state index in [0.717, 1.165) is 46.4 Å². The lowest BCUT2D eigenvalue weighted by Gasteiger charge is -2.21. The summed E-state index contributed by atoms with van der Waals surface area (Å²) in [5.41, 5.74) is 2.05. The second-order valence-corrected chi connectivity index (χ2v) is 6.85. The van der Waals surface area contributed by atoms with Gasteiger partial charge in [-0.3, -0.25) is 0 Å². The molecule has 0 spiro atoms. The van der Waals surface area contributed by atoms with Gasteiger partial charge in [-0.2, -0.15) is 0 Å². The Bertz CT molecular complexity index is 790. The highest BCUT2D eigenvalue weighted by Gasteiger charge is 2.20. The van der Waals surface area contributed by atoms with Gasteiger partial charge >= 0.3 is 0 Å². The fraction of sp³-hybridized carbons (Fsp3) is 0.353. The van der Waals surface area contributed by atoms with Crippen LogP contribution >= 0.6 is 11.3 Å². The number of nitrogens with zero attached hydrogens (tertiary/aromatic N) is 4. The van der Waals surface area contributed by atoms with Crippen LogP contribution < -0.4 is 0 Å². The van der Waals surface area contributed by atoms with E-state index in [1.807, 2.05) is 29.8 Å². The first-order chi connectivity index (χ1) is 11.3. The zero-order valence-corrected chi connectivity index (χ0v) is 13.8. The van der Waals surface area contributed by atoms with Gasteiger partial charge in [0.1, 0.15) is 11.2 Å². The van der Waals surface area contributed by atoms with Crippen molar-refractivity contribution >= 4 is 11.3 Å². The van der Waals surface area contributed by atoms with Crippen LogP contribution in [-0.2, 0) is 4.74 Å². The summed E-state index contributed by atoms with van der Waals surface area (Å²) >= 11 is 1.63. The molecular formula is C17H18N4OS. The Labute approximate surface area is 139 Å². The summed E-state index contributed by atoms with van der Waals surface area (Å²) in [4.78, 5) is 10.2. The number of hydrogen-bond donors (Lipinski definition) is 0. The fourth-order valence-electron chi connectivity index (χ4n) is 2.82. The SMILES string of the molecule is Cc1nc(-c2ccccc2)c(-c2ncn(C3CCCCO3)n2)s1. The number of benzene rings is 1. The Balaban J connectivity index is 1.70. The normalized spacial score (nSPS) is 18.2. The summed E-state index contributed by atoms with van der Waals surface area (Å²) in [5, 5.41) is 5.67. The maximum Gasteiger partial charge on any atom is 0.193 e. The van der Waals surface area contributed by atoms with E-state index in [2.05, 4.69) is 27.2 Å². The van der Waals surface area contributed by atoms with Crippen molar-refractivity contribution in [3.8, 4) is 22.0 Å². The second-order valence-electron chi connectivity index (χ2n) is 5.65. The molecule has 0 aliphatic carbocycles. The summed E-state index contributed by atoms with van der Waals surface area (Å²) < 4.78 is 7.63. The van der Waals surface area contributed by atoms with Crippen molar-refractivity contribution in [2.75, 3.05) is 6.61 Å². The summed E-state index contributed by atoms with van der Waals surface area (Å²) in [6.45, 7) is 2.82. The van der Waals surface area contributed by atoms with E-state index < -0.39 is 0 Å². The number of aryl methyl sites for hydroxylation is 1. The molecule has 1 aromatic carbocycles. The molecule has 23 heavy (non-hydrogen) atoms. The first kappa shape index (κ1) is 14.5. The third-order valence-electron chi connectivity index (χ3n) is 3.94. The highest BCUT2D eigenvalue weighted by Crippen LogP contribution is 2.35. The van der Waals surface area contributed by atoms with Crippen LogP contribution in [0.15, 0.2) is 36.7 Å². The van der Waals surface area contributed by atoms with Gasteiger partial charge in [0.25, 0.3) is 0 Å². The Morgan fingerprint density at radius 1 is 1.22 bits per heavy atom. The third kappa shape index (κ3) is 2.92. The quantitative estimate of drug-likeness (QED) is 0.728. The zero-order valence-electron chi connectivity index (χ0n) is 13.0. The maximum atomic E-state index is 5.78. The molecule has 118 valence electrons. The zero-order chi connectivity index (χ0) is 15.6. The van der Waals surface area contributed by atoms with Crippen LogP contribution in [-0.4, -0.2) is 26.4 Å². The van der Waals surface area contributed by atoms with Crippen LogP contribution in [0.3, 0.4) is 0 Å². The monoisotopic (exact) mass is 326 g/mol. The largest absolute Gasteiger partial charge is 0.356 e. The molecule has 0 radical (unpaired) electrons. The van der Waals surface area contributed by atoms with Crippen LogP contribution in [0.25, 0.3) is 22.0 Å². The van der Waals surface area contributed by atoms with Gasteiger partial charge in [0.05, 0.1) is 10.7 Å². The molecule has 1 aliphatic heterocycles. The molecule has 6 heteroatoms. The highest BCUT2D eigenvalue weighted by molar-refractivity contribution is 7.15. The molecule has 5 nitrogen and oxygen atoms in total. The van der Waals surface area contributed by atoms with Crippen LogP contribution in [0, 0.1) is 6.92 Å². The topological polar surface area (TPSA) is 52.8 Å². The Kier molecular flexibility index (Phi) is 3.93. The van der Waals surface area contributed by atoms with Crippen LogP contribution in [0.1, 0.15) is 30.5 Å². The van der Waals surface area contributed by atoms with Crippen LogP contribution in [0.5, 0.6) is 0 Å². The standard InChI is InChI=1S/C17H18N4OS/c1-12-19-15(13-7-3-2-4-8-13)16(23-12)17-18-11-21(20-17)14-9-5-6-10-22-14/h2-4,7-8,11,14H,5-6,9-10H2,1H3. The lowest BCUT2D eigenvalue weighted by Crippen LogP contribution is -2.18. The van der Waals surface area contributed by atoms with E-state index in [1.165, 1.54) is 6.42 Å². The minimum atomic E-state index is 0.0131. The van der Waals surface area contributed by atoms with Crippen molar-refractivity contribution in [1.29, 1.82) is 0 Å². The third-order valence-corrected chi connectivity index (χ3v) is 4.91. The molecule has 0 bridgehead atoms. The number of hydrogen-bond acceptors (Lipinski definition) is 5. The van der Waals surface area contributed by atoms with Crippen molar-refractivity contribution in [1.82, 2.24) is 19.7 Å². The van der Waals surface area contributed by atoms with Crippen molar-refractivity contribution in [3.63, 3.8) is 0 Å². The molecule has 3 aromatic rings. The Morgan fingerprint density at radius 2 is 2.09 bits per heavy atom. The molecule has 0 N–H and O–H groups in total. The molecule has 0 saturated carbocycles. The minimum Gasteiger partial charge on any atom is -0.356 e. The van der Waals surface area contributed by atoms with E-state index in [4.69, 9.17) is 4.74 Å². The van der Waals surface area contributed by atoms with Crippen molar-refractivity contribution in [3.05, 3.63) is 41.7 Å². The molecule has 4 rings (SSSR count). The summed E-state index contributed by atoms with van der Waals surface area (Å²) in [6, 6.07) is 10.2. The molecule has 0 amide bonds. The van der Waals surface area contributed by atoms with E-state index in [1.54, 1.807) is 17.7 Å². The summed E-state index contributed by atoms with van der Waals surface area (Å²) in [5.74, 6) is 0.726. The maximum absolute atomic E-state index is 5.78.